The van der Waals surface area contributed by atoms with Gasteiger partial charge in [-0.3, -0.25) is 4.79 Å². The van der Waals surface area contributed by atoms with Crippen LogP contribution in [-0.2, 0) is 4.79 Å². The summed E-state index contributed by atoms with van der Waals surface area (Å²) in [5, 5.41) is 5.81. The Morgan fingerprint density at radius 1 is 1.47 bits per heavy atom. The molecule has 0 radical (unpaired) electrons. The van der Waals surface area contributed by atoms with Gasteiger partial charge in [0, 0.05) is 18.5 Å². The molecule has 3 nitrogen and oxygen atoms in total. The Balaban J connectivity index is 0.00000256. The minimum Gasteiger partial charge on any atom is -0.352 e. The Bertz CT molecular complexity index is 248. The summed E-state index contributed by atoms with van der Waals surface area (Å²) in [7, 11) is 0. The summed E-state index contributed by atoms with van der Waals surface area (Å²) in [5.74, 6) is -0.516. The van der Waals surface area contributed by atoms with Crippen LogP contribution in [0, 0.1) is 0 Å². The van der Waals surface area contributed by atoms with E-state index in [2.05, 4.69) is 10.6 Å². The maximum absolute atomic E-state index is 11.9. The van der Waals surface area contributed by atoms with Gasteiger partial charge in [0.2, 0.25) is 5.91 Å². The lowest BCUT2D eigenvalue weighted by Gasteiger charge is -2.30. The number of hydrogen-bond acceptors (Lipinski definition) is 2. The Hall–Kier alpha value is -0.490. The second kappa shape index (κ2) is 7.06. The van der Waals surface area contributed by atoms with E-state index >= 15 is 0 Å². The van der Waals surface area contributed by atoms with Crippen molar-refractivity contribution in [1.82, 2.24) is 10.6 Å². The second-order valence-corrected chi connectivity index (χ2v) is 4.17. The fourth-order valence-corrected chi connectivity index (χ4v) is 1.78. The molecule has 1 heterocycles. The van der Waals surface area contributed by atoms with Gasteiger partial charge in [-0.05, 0) is 26.3 Å². The number of piperidine rings is 1. The molecule has 0 saturated carbocycles. The molecule has 17 heavy (non-hydrogen) atoms. The molecule has 0 aromatic carbocycles. The standard InChI is InChI=1S/C10H17F3N2O.ClH/c1-7-8(3-2-6-14-7)15-9(16)4-5-10(11,12)13;/h7-8,14H,2-6H2,1H3,(H,15,16);1H. The monoisotopic (exact) mass is 274 g/mol. The third-order valence-corrected chi connectivity index (χ3v) is 2.74. The number of rotatable bonds is 3. The zero-order valence-electron chi connectivity index (χ0n) is 9.64. The molecule has 1 amide bonds. The molecule has 0 aromatic rings. The Kier molecular flexibility index (Phi) is 6.85. The Morgan fingerprint density at radius 3 is 2.65 bits per heavy atom. The molecule has 102 valence electrons. The van der Waals surface area contributed by atoms with E-state index in [4.69, 9.17) is 0 Å². The van der Waals surface area contributed by atoms with Crippen LogP contribution in [0.3, 0.4) is 0 Å². The minimum absolute atomic E-state index is 0. The highest BCUT2D eigenvalue weighted by atomic mass is 35.5. The molecule has 2 atom stereocenters. The number of nitrogens with one attached hydrogen (secondary N) is 2. The number of amides is 1. The van der Waals surface area contributed by atoms with Crippen LogP contribution in [0.5, 0.6) is 0 Å². The van der Waals surface area contributed by atoms with Crippen molar-refractivity contribution in [2.75, 3.05) is 6.54 Å². The van der Waals surface area contributed by atoms with Crippen LogP contribution in [0.2, 0.25) is 0 Å². The van der Waals surface area contributed by atoms with Gasteiger partial charge in [-0.25, -0.2) is 0 Å². The smallest absolute Gasteiger partial charge is 0.352 e. The second-order valence-electron chi connectivity index (χ2n) is 4.17. The normalized spacial score (nSPS) is 24.9. The minimum atomic E-state index is -4.26. The number of hydrogen-bond donors (Lipinski definition) is 2. The zero-order chi connectivity index (χ0) is 12.2. The first-order valence-corrected chi connectivity index (χ1v) is 5.48. The molecule has 0 spiro atoms. The van der Waals surface area contributed by atoms with Gasteiger partial charge in [-0.15, -0.1) is 12.4 Å². The highest BCUT2D eigenvalue weighted by Crippen LogP contribution is 2.21. The van der Waals surface area contributed by atoms with E-state index in [-0.39, 0.29) is 24.5 Å². The Morgan fingerprint density at radius 2 is 2.12 bits per heavy atom. The summed E-state index contributed by atoms with van der Waals surface area (Å²) in [6.45, 7) is 2.82. The maximum Gasteiger partial charge on any atom is 0.389 e. The van der Waals surface area contributed by atoms with E-state index in [1.54, 1.807) is 0 Å². The average Bonchev–Trinajstić information content (AvgIpc) is 2.18. The van der Waals surface area contributed by atoms with Crippen LogP contribution in [0.15, 0.2) is 0 Å². The van der Waals surface area contributed by atoms with Crippen molar-refractivity contribution in [3.8, 4) is 0 Å². The van der Waals surface area contributed by atoms with Crippen molar-refractivity contribution in [2.45, 2.75) is 50.9 Å². The largest absolute Gasteiger partial charge is 0.389 e. The van der Waals surface area contributed by atoms with E-state index < -0.39 is 24.9 Å². The molecule has 1 aliphatic heterocycles. The van der Waals surface area contributed by atoms with Gasteiger partial charge in [-0.1, -0.05) is 0 Å². The molecule has 7 heteroatoms. The molecule has 1 rings (SSSR count). The maximum atomic E-state index is 11.9. The van der Waals surface area contributed by atoms with Crippen molar-refractivity contribution in [3.05, 3.63) is 0 Å². The molecular formula is C10H18ClF3N2O. The first kappa shape index (κ1) is 16.5. The Labute approximate surface area is 105 Å². The van der Waals surface area contributed by atoms with Crippen molar-refractivity contribution in [3.63, 3.8) is 0 Å². The molecule has 2 unspecified atom stereocenters. The van der Waals surface area contributed by atoms with Gasteiger partial charge in [-0.2, -0.15) is 13.2 Å². The van der Waals surface area contributed by atoms with E-state index in [0.717, 1.165) is 19.4 Å². The fraction of sp³-hybridized carbons (Fsp3) is 0.900. The van der Waals surface area contributed by atoms with Gasteiger partial charge in [0.15, 0.2) is 0 Å². The van der Waals surface area contributed by atoms with Crippen molar-refractivity contribution >= 4 is 18.3 Å². The molecule has 0 aromatic heterocycles. The predicted octanol–water partition coefficient (Wildman–Crippen LogP) is 2.01. The first-order valence-electron chi connectivity index (χ1n) is 5.48. The summed E-state index contributed by atoms with van der Waals surface area (Å²) < 4.78 is 35.6. The van der Waals surface area contributed by atoms with E-state index in [1.165, 1.54) is 0 Å². The van der Waals surface area contributed by atoms with Gasteiger partial charge in [0.05, 0.1) is 6.42 Å². The summed E-state index contributed by atoms with van der Waals surface area (Å²) in [6, 6.07) is 0.0815. The zero-order valence-corrected chi connectivity index (χ0v) is 10.5. The number of alkyl halides is 3. The third-order valence-electron chi connectivity index (χ3n) is 2.74. The summed E-state index contributed by atoms with van der Waals surface area (Å²) in [4.78, 5) is 11.3. The van der Waals surface area contributed by atoms with E-state index in [9.17, 15) is 18.0 Å². The fourth-order valence-electron chi connectivity index (χ4n) is 1.78. The first-order chi connectivity index (χ1) is 7.38. The number of carbonyl (C=O) groups excluding carboxylic acids is 1. The lowest BCUT2D eigenvalue weighted by Crippen LogP contribution is -2.51. The molecule has 0 aliphatic carbocycles. The number of carbonyl (C=O) groups is 1. The third kappa shape index (κ3) is 6.73. The summed E-state index contributed by atoms with van der Waals surface area (Å²) >= 11 is 0. The molecule has 1 saturated heterocycles. The lowest BCUT2D eigenvalue weighted by atomic mass is 10.00. The van der Waals surface area contributed by atoms with Crippen molar-refractivity contribution in [2.24, 2.45) is 0 Å². The molecular weight excluding hydrogens is 257 g/mol. The topological polar surface area (TPSA) is 41.1 Å². The summed E-state index contributed by atoms with van der Waals surface area (Å²) in [5.41, 5.74) is 0. The van der Waals surface area contributed by atoms with Crippen LogP contribution < -0.4 is 10.6 Å². The van der Waals surface area contributed by atoms with Crippen LogP contribution >= 0.6 is 12.4 Å². The van der Waals surface area contributed by atoms with Crippen LogP contribution in [-0.4, -0.2) is 30.7 Å². The van der Waals surface area contributed by atoms with E-state index in [1.807, 2.05) is 6.92 Å². The molecule has 1 aliphatic rings. The van der Waals surface area contributed by atoms with Gasteiger partial charge < -0.3 is 10.6 Å². The number of halogens is 4. The van der Waals surface area contributed by atoms with Gasteiger partial charge in [0.1, 0.15) is 0 Å². The molecule has 0 bridgehead atoms. The average molecular weight is 275 g/mol. The van der Waals surface area contributed by atoms with Crippen molar-refractivity contribution in [1.29, 1.82) is 0 Å². The highest BCUT2D eigenvalue weighted by molar-refractivity contribution is 5.85. The van der Waals surface area contributed by atoms with E-state index in [0.29, 0.717) is 0 Å². The predicted molar refractivity (Wildman–Crippen MR) is 61.2 cm³/mol. The van der Waals surface area contributed by atoms with Crippen LogP contribution in [0.25, 0.3) is 0 Å². The molecule has 1 fully saturated rings. The summed E-state index contributed by atoms with van der Waals surface area (Å²) in [6.07, 6.45) is -4.02. The van der Waals surface area contributed by atoms with Crippen LogP contribution in [0.4, 0.5) is 13.2 Å². The quantitative estimate of drug-likeness (QED) is 0.827. The van der Waals surface area contributed by atoms with Crippen LogP contribution in [0.1, 0.15) is 32.6 Å². The van der Waals surface area contributed by atoms with Gasteiger partial charge >= 0.3 is 6.18 Å². The lowest BCUT2D eigenvalue weighted by molar-refractivity contribution is -0.144. The SMILES string of the molecule is CC1NCCCC1NC(=O)CCC(F)(F)F.Cl. The van der Waals surface area contributed by atoms with Crippen molar-refractivity contribution < 1.29 is 18.0 Å². The van der Waals surface area contributed by atoms with Gasteiger partial charge in [0.25, 0.3) is 0 Å². The highest BCUT2D eigenvalue weighted by Gasteiger charge is 2.29. The molecule has 2 N–H and O–H groups in total.